The van der Waals surface area contributed by atoms with Gasteiger partial charge in [-0.1, -0.05) is 35.4 Å². The summed E-state index contributed by atoms with van der Waals surface area (Å²) >= 11 is 6.58. The minimum Gasteiger partial charge on any atom is -0.363 e. The van der Waals surface area contributed by atoms with E-state index < -0.39 is 0 Å². The predicted octanol–water partition coefficient (Wildman–Crippen LogP) is 6.42. The quantitative estimate of drug-likeness (QED) is 0.582. The first-order chi connectivity index (χ1) is 11.8. The van der Waals surface area contributed by atoms with Crippen LogP contribution >= 0.6 is 11.6 Å². The van der Waals surface area contributed by atoms with Gasteiger partial charge < -0.3 is 4.90 Å². The summed E-state index contributed by atoms with van der Waals surface area (Å²) in [4.78, 5) is 6.97. The van der Waals surface area contributed by atoms with E-state index in [1.807, 2.05) is 18.3 Å². The van der Waals surface area contributed by atoms with Crippen molar-refractivity contribution in [2.24, 2.45) is 4.99 Å². The Morgan fingerprint density at radius 3 is 2.44 bits per heavy atom. The van der Waals surface area contributed by atoms with Crippen LogP contribution in [0.15, 0.2) is 47.5 Å². The second-order valence-electron chi connectivity index (χ2n) is 7.21. The van der Waals surface area contributed by atoms with Crippen LogP contribution < -0.4 is 4.90 Å². The zero-order valence-electron chi connectivity index (χ0n) is 15.6. The summed E-state index contributed by atoms with van der Waals surface area (Å²) in [6.45, 7) is 11.8. The molecule has 2 aromatic carbocycles. The van der Waals surface area contributed by atoms with E-state index in [2.05, 4.69) is 74.9 Å². The highest BCUT2D eigenvalue weighted by Crippen LogP contribution is 2.41. The molecule has 0 atom stereocenters. The number of hydrogen-bond acceptors (Lipinski definition) is 2. The molecule has 0 aliphatic carbocycles. The third-order valence-electron chi connectivity index (χ3n) is 4.80. The molecule has 1 aliphatic heterocycles. The number of anilines is 1. The van der Waals surface area contributed by atoms with Gasteiger partial charge in [-0.3, -0.25) is 4.99 Å². The highest BCUT2D eigenvalue weighted by molar-refractivity contribution is 6.33. The summed E-state index contributed by atoms with van der Waals surface area (Å²) in [5.41, 5.74) is 6.82. The zero-order valence-corrected chi connectivity index (χ0v) is 16.4. The molecule has 130 valence electrons. The van der Waals surface area contributed by atoms with Crippen molar-refractivity contribution in [3.8, 4) is 0 Å². The van der Waals surface area contributed by atoms with E-state index in [-0.39, 0.29) is 5.54 Å². The van der Waals surface area contributed by atoms with Crippen molar-refractivity contribution in [3.05, 3.63) is 64.2 Å². The number of benzene rings is 2. The Morgan fingerprint density at radius 1 is 1.12 bits per heavy atom. The van der Waals surface area contributed by atoms with Gasteiger partial charge in [-0.15, -0.1) is 0 Å². The van der Waals surface area contributed by atoms with Gasteiger partial charge in [0.2, 0.25) is 0 Å². The van der Waals surface area contributed by atoms with Crippen molar-refractivity contribution in [2.45, 2.75) is 40.2 Å². The molecule has 0 saturated carbocycles. The maximum Gasteiger partial charge on any atom is 0.0630 e. The van der Waals surface area contributed by atoms with Crippen LogP contribution in [0.3, 0.4) is 0 Å². The number of aryl methyl sites for hydroxylation is 1. The molecule has 0 bridgehead atoms. The molecule has 3 heteroatoms. The highest BCUT2D eigenvalue weighted by Gasteiger charge is 2.30. The SMILES string of the molecule is CCN1c2cc(Cl)c(C=Nc3ccc(C)cc3)cc2C(C)=CC1(C)C. The van der Waals surface area contributed by atoms with Gasteiger partial charge in [0.15, 0.2) is 0 Å². The van der Waals surface area contributed by atoms with Crippen LogP contribution in [0.2, 0.25) is 5.02 Å². The van der Waals surface area contributed by atoms with Crippen LogP contribution in [0, 0.1) is 6.92 Å². The predicted molar refractivity (Wildman–Crippen MR) is 111 cm³/mol. The molecular formula is C22H25ClN2. The minimum atomic E-state index is -0.00728. The van der Waals surface area contributed by atoms with Gasteiger partial charge in [0.1, 0.15) is 0 Å². The van der Waals surface area contributed by atoms with Crippen molar-refractivity contribution in [3.63, 3.8) is 0 Å². The first-order valence-corrected chi connectivity index (χ1v) is 9.11. The molecule has 1 aliphatic rings. The van der Waals surface area contributed by atoms with Crippen LogP contribution in [-0.2, 0) is 0 Å². The molecule has 0 unspecified atom stereocenters. The first-order valence-electron chi connectivity index (χ1n) is 8.73. The Hall–Kier alpha value is -2.06. The number of hydrogen-bond donors (Lipinski definition) is 0. The summed E-state index contributed by atoms with van der Waals surface area (Å²) in [6, 6.07) is 12.4. The third-order valence-corrected chi connectivity index (χ3v) is 5.13. The fourth-order valence-corrected chi connectivity index (χ4v) is 3.77. The number of likely N-dealkylation sites (N-methyl/N-ethyl adjacent to an activating group) is 1. The monoisotopic (exact) mass is 352 g/mol. The molecule has 2 nitrogen and oxygen atoms in total. The third kappa shape index (κ3) is 3.50. The lowest BCUT2D eigenvalue weighted by Gasteiger charge is -2.43. The molecule has 0 N–H and O–H groups in total. The molecule has 0 amide bonds. The summed E-state index contributed by atoms with van der Waals surface area (Å²) in [6.07, 6.45) is 4.18. The lowest BCUT2D eigenvalue weighted by Crippen LogP contribution is -2.44. The number of halogens is 1. The molecule has 0 saturated heterocycles. The number of nitrogens with zero attached hydrogens (tertiary/aromatic N) is 2. The minimum absolute atomic E-state index is 0.00728. The molecule has 1 heterocycles. The Kier molecular flexibility index (Phi) is 4.75. The zero-order chi connectivity index (χ0) is 18.2. The number of aliphatic imine (C=N–C) groups is 1. The van der Waals surface area contributed by atoms with Gasteiger partial charge in [0, 0.05) is 29.6 Å². The van der Waals surface area contributed by atoms with Crippen LogP contribution in [0.1, 0.15) is 44.4 Å². The largest absolute Gasteiger partial charge is 0.363 e. The molecule has 0 spiro atoms. The summed E-state index contributed by atoms with van der Waals surface area (Å²) < 4.78 is 0. The molecule has 25 heavy (non-hydrogen) atoms. The van der Waals surface area contributed by atoms with E-state index in [4.69, 9.17) is 11.6 Å². The average molecular weight is 353 g/mol. The Labute approximate surface area is 155 Å². The van der Waals surface area contributed by atoms with Crippen molar-refractivity contribution in [1.82, 2.24) is 0 Å². The van der Waals surface area contributed by atoms with Crippen LogP contribution in [-0.4, -0.2) is 18.3 Å². The summed E-state index contributed by atoms with van der Waals surface area (Å²) in [7, 11) is 0. The topological polar surface area (TPSA) is 15.6 Å². The fraction of sp³-hybridized carbons (Fsp3) is 0.318. The molecule has 2 aromatic rings. The molecule has 0 radical (unpaired) electrons. The van der Waals surface area contributed by atoms with Gasteiger partial charge in [0.25, 0.3) is 0 Å². The van der Waals surface area contributed by atoms with Crippen molar-refractivity contribution in [2.75, 3.05) is 11.4 Å². The summed E-state index contributed by atoms with van der Waals surface area (Å²) in [5.74, 6) is 0. The van der Waals surface area contributed by atoms with Gasteiger partial charge in [0.05, 0.1) is 16.2 Å². The molecule has 3 rings (SSSR count). The van der Waals surface area contributed by atoms with E-state index in [0.717, 1.165) is 22.8 Å². The van der Waals surface area contributed by atoms with Gasteiger partial charge in [-0.2, -0.15) is 0 Å². The van der Waals surface area contributed by atoms with E-state index in [1.54, 1.807) is 0 Å². The van der Waals surface area contributed by atoms with Crippen LogP contribution in [0.25, 0.3) is 5.57 Å². The highest BCUT2D eigenvalue weighted by atomic mass is 35.5. The van der Waals surface area contributed by atoms with E-state index >= 15 is 0 Å². The maximum absolute atomic E-state index is 6.58. The number of rotatable bonds is 3. The number of fused-ring (bicyclic) bond motifs is 1. The molecular weight excluding hydrogens is 328 g/mol. The van der Waals surface area contributed by atoms with Gasteiger partial charge in [-0.05, 0) is 64.5 Å². The smallest absolute Gasteiger partial charge is 0.0630 e. The Bertz CT molecular complexity index is 845. The van der Waals surface area contributed by atoms with E-state index in [1.165, 1.54) is 22.4 Å². The maximum atomic E-state index is 6.58. The fourth-order valence-electron chi connectivity index (χ4n) is 3.57. The second kappa shape index (κ2) is 6.68. The van der Waals surface area contributed by atoms with Crippen molar-refractivity contribution < 1.29 is 0 Å². The van der Waals surface area contributed by atoms with E-state index in [9.17, 15) is 0 Å². The molecule has 0 fully saturated rings. The normalized spacial score (nSPS) is 16.1. The second-order valence-corrected chi connectivity index (χ2v) is 7.62. The number of allylic oxidation sites excluding steroid dienone is 1. The van der Waals surface area contributed by atoms with Crippen LogP contribution in [0.4, 0.5) is 11.4 Å². The van der Waals surface area contributed by atoms with Gasteiger partial charge in [-0.25, -0.2) is 0 Å². The Balaban J connectivity index is 2.02. The first kappa shape index (κ1) is 17.8. The standard InChI is InChI=1S/C22H25ClN2/c1-6-25-21-12-20(23)17(11-19(21)16(3)13-22(25,4)5)14-24-18-9-7-15(2)8-10-18/h7-14H,6H2,1-5H3. The lowest BCUT2D eigenvalue weighted by molar-refractivity contribution is 0.566. The van der Waals surface area contributed by atoms with Crippen molar-refractivity contribution >= 4 is 34.8 Å². The molecule has 0 aromatic heterocycles. The average Bonchev–Trinajstić information content (AvgIpc) is 2.54. The van der Waals surface area contributed by atoms with Gasteiger partial charge >= 0.3 is 0 Å². The summed E-state index contributed by atoms with van der Waals surface area (Å²) in [5, 5.41) is 0.735. The van der Waals surface area contributed by atoms with E-state index in [0.29, 0.717) is 0 Å². The van der Waals surface area contributed by atoms with Crippen LogP contribution in [0.5, 0.6) is 0 Å². The van der Waals surface area contributed by atoms with Crippen molar-refractivity contribution in [1.29, 1.82) is 0 Å². The lowest BCUT2D eigenvalue weighted by atomic mass is 9.88. The Morgan fingerprint density at radius 2 is 1.80 bits per heavy atom.